The number of nitriles is 1. The van der Waals surface area contributed by atoms with Crippen molar-refractivity contribution >= 4 is 17.7 Å². The van der Waals surface area contributed by atoms with Gasteiger partial charge in [-0.15, -0.1) is 0 Å². The molecule has 110 valence electrons. The molecule has 6 heteroatoms. The van der Waals surface area contributed by atoms with Gasteiger partial charge in [0.1, 0.15) is 0 Å². The number of carboxylic acids is 1. The van der Waals surface area contributed by atoms with Crippen molar-refractivity contribution in [2.45, 2.75) is 6.92 Å². The van der Waals surface area contributed by atoms with Gasteiger partial charge in [-0.2, -0.15) is 5.26 Å². The number of anilines is 1. The number of benzene rings is 1. The van der Waals surface area contributed by atoms with Crippen LogP contribution in [0.1, 0.15) is 12.5 Å². The average Bonchev–Trinajstić information content (AvgIpc) is 2.88. The maximum Gasteiger partial charge on any atom is 0.324 e. The summed E-state index contributed by atoms with van der Waals surface area (Å²) in [6.07, 6.45) is 0. The third kappa shape index (κ3) is 2.97. The maximum absolute atomic E-state index is 12.4. The normalized spacial score (nSPS) is 20.9. The van der Waals surface area contributed by atoms with Crippen LogP contribution in [0.15, 0.2) is 24.3 Å². The number of aliphatic carboxylic acids is 1. The largest absolute Gasteiger partial charge is 0.481 e. The summed E-state index contributed by atoms with van der Waals surface area (Å²) < 4.78 is 0. The fraction of sp³-hybridized carbons (Fsp3) is 0.400. The van der Waals surface area contributed by atoms with Gasteiger partial charge in [0.2, 0.25) is 0 Å². The molecule has 2 amide bonds. The summed E-state index contributed by atoms with van der Waals surface area (Å²) in [5, 5.41) is 18.0. The van der Waals surface area contributed by atoms with E-state index >= 15 is 0 Å². The molecular weight excluding hydrogens is 270 g/mol. The van der Waals surface area contributed by atoms with Crippen molar-refractivity contribution in [3.05, 3.63) is 29.8 Å². The molecule has 2 atom stereocenters. The molecule has 1 heterocycles. The predicted molar refractivity (Wildman–Crippen MR) is 76.8 cm³/mol. The minimum atomic E-state index is -0.869. The quantitative estimate of drug-likeness (QED) is 0.898. The molecule has 1 N–H and O–H groups in total. The van der Waals surface area contributed by atoms with Crippen LogP contribution in [0, 0.1) is 23.2 Å². The van der Waals surface area contributed by atoms with Crippen molar-refractivity contribution in [2.75, 3.05) is 25.0 Å². The zero-order valence-electron chi connectivity index (χ0n) is 12.0. The Morgan fingerprint density at radius 2 is 2.14 bits per heavy atom. The second-order valence-corrected chi connectivity index (χ2v) is 5.33. The number of carbonyl (C=O) groups is 2. The van der Waals surface area contributed by atoms with E-state index in [1.807, 2.05) is 13.0 Å². The molecule has 1 aliphatic heterocycles. The first-order valence-electron chi connectivity index (χ1n) is 6.69. The SMILES string of the molecule is C[C@@H]1CN(C(=O)N(C)c2cccc(C#N)c2)C[C@H]1C(=O)O. The van der Waals surface area contributed by atoms with Crippen LogP contribution >= 0.6 is 0 Å². The Morgan fingerprint density at radius 3 is 2.71 bits per heavy atom. The Bertz CT molecular complexity index is 608. The van der Waals surface area contributed by atoms with Crippen LogP contribution in [-0.4, -0.2) is 42.1 Å². The number of carbonyl (C=O) groups excluding carboxylic acids is 1. The van der Waals surface area contributed by atoms with Crippen molar-refractivity contribution in [3.63, 3.8) is 0 Å². The monoisotopic (exact) mass is 287 g/mol. The van der Waals surface area contributed by atoms with E-state index in [0.717, 1.165) is 0 Å². The summed E-state index contributed by atoms with van der Waals surface area (Å²) in [7, 11) is 1.62. The molecule has 21 heavy (non-hydrogen) atoms. The molecule has 2 rings (SSSR count). The number of rotatable bonds is 2. The summed E-state index contributed by atoms with van der Waals surface area (Å²) in [6.45, 7) is 2.48. The smallest absolute Gasteiger partial charge is 0.324 e. The zero-order chi connectivity index (χ0) is 15.6. The van der Waals surface area contributed by atoms with Crippen LogP contribution in [0.5, 0.6) is 0 Å². The highest BCUT2D eigenvalue weighted by molar-refractivity contribution is 5.92. The summed E-state index contributed by atoms with van der Waals surface area (Å²) >= 11 is 0. The molecule has 0 aromatic heterocycles. The Balaban J connectivity index is 2.13. The lowest BCUT2D eigenvalue weighted by Crippen LogP contribution is -2.40. The highest BCUT2D eigenvalue weighted by Gasteiger charge is 2.38. The number of urea groups is 1. The van der Waals surface area contributed by atoms with E-state index in [0.29, 0.717) is 17.8 Å². The molecule has 1 aliphatic rings. The lowest BCUT2D eigenvalue weighted by molar-refractivity contribution is -0.142. The van der Waals surface area contributed by atoms with Crippen LogP contribution in [0.3, 0.4) is 0 Å². The van der Waals surface area contributed by atoms with Crippen molar-refractivity contribution in [1.29, 1.82) is 5.26 Å². The second-order valence-electron chi connectivity index (χ2n) is 5.33. The molecule has 0 aliphatic carbocycles. The molecule has 0 spiro atoms. The molecule has 0 saturated carbocycles. The first-order chi connectivity index (χ1) is 9.93. The van der Waals surface area contributed by atoms with E-state index in [4.69, 9.17) is 10.4 Å². The number of amides is 2. The number of likely N-dealkylation sites (tertiary alicyclic amines) is 1. The van der Waals surface area contributed by atoms with Gasteiger partial charge in [0.25, 0.3) is 0 Å². The lowest BCUT2D eigenvalue weighted by atomic mass is 9.99. The van der Waals surface area contributed by atoms with Gasteiger partial charge >= 0.3 is 12.0 Å². The van der Waals surface area contributed by atoms with E-state index in [-0.39, 0.29) is 18.5 Å². The molecular formula is C15H17N3O3. The van der Waals surface area contributed by atoms with Crippen molar-refractivity contribution in [3.8, 4) is 6.07 Å². The third-order valence-electron chi connectivity index (χ3n) is 3.85. The van der Waals surface area contributed by atoms with Crippen LogP contribution < -0.4 is 4.90 Å². The Labute approximate surface area is 123 Å². The van der Waals surface area contributed by atoms with Gasteiger partial charge < -0.3 is 10.0 Å². The van der Waals surface area contributed by atoms with Gasteiger partial charge in [-0.25, -0.2) is 4.79 Å². The lowest BCUT2D eigenvalue weighted by Gasteiger charge is -2.24. The fourth-order valence-corrected chi connectivity index (χ4v) is 2.55. The zero-order valence-corrected chi connectivity index (χ0v) is 12.0. The number of nitrogens with zero attached hydrogens (tertiary/aromatic N) is 3. The van der Waals surface area contributed by atoms with Gasteiger partial charge in [-0.3, -0.25) is 9.69 Å². The van der Waals surface area contributed by atoms with Crippen molar-refractivity contribution < 1.29 is 14.7 Å². The van der Waals surface area contributed by atoms with Crippen molar-refractivity contribution in [1.82, 2.24) is 4.90 Å². The summed E-state index contributed by atoms with van der Waals surface area (Å²) in [4.78, 5) is 26.5. The molecule has 0 radical (unpaired) electrons. The maximum atomic E-state index is 12.4. The van der Waals surface area contributed by atoms with Crippen molar-refractivity contribution in [2.24, 2.45) is 11.8 Å². The Hall–Kier alpha value is -2.55. The minimum absolute atomic E-state index is 0.0645. The Morgan fingerprint density at radius 1 is 1.43 bits per heavy atom. The van der Waals surface area contributed by atoms with Gasteiger partial charge in [-0.1, -0.05) is 13.0 Å². The first kappa shape index (κ1) is 14.9. The van der Waals surface area contributed by atoms with Gasteiger partial charge in [-0.05, 0) is 24.1 Å². The van der Waals surface area contributed by atoms with Crippen LogP contribution in [0.2, 0.25) is 0 Å². The van der Waals surface area contributed by atoms with E-state index in [1.54, 1.807) is 36.2 Å². The molecule has 6 nitrogen and oxygen atoms in total. The van der Waals surface area contributed by atoms with E-state index in [1.165, 1.54) is 4.90 Å². The second kappa shape index (κ2) is 5.83. The minimum Gasteiger partial charge on any atom is -0.481 e. The topological polar surface area (TPSA) is 84.6 Å². The van der Waals surface area contributed by atoms with E-state index in [2.05, 4.69) is 0 Å². The number of hydrogen-bond acceptors (Lipinski definition) is 3. The predicted octanol–water partition coefficient (Wildman–Crippen LogP) is 1.77. The molecule has 0 bridgehead atoms. The highest BCUT2D eigenvalue weighted by Crippen LogP contribution is 2.25. The fourth-order valence-electron chi connectivity index (χ4n) is 2.55. The first-order valence-corrected chi connectivity index (χ1v) is 6.69. The standard InChI is InChI=1S/C15H17N3O3/c1-10-8-18(9-13(10)14(19)20)15(21)17(2)12-5-3-4-11(6-12)7-16/h3-6,10,13H,8-9H2,1-2H3,(H,19,20)/t10-,13-/m1/s1. The number of carboxylic acid groups (broad SMARTS) is 1. The molecule has 1 fully saturated rings. The van der Waals surface area contributed by atoms with Crippen LogP contribution in [-0.2, 0) is 4.79 Å². The number of hydrogen-bond donors (Lipinski definition) is 1. The van der Waals surface area contributed by atoms with Crippen LogP contribution in [0.4, 0.5) is 10.5 Å². The summed E-state index contributed by atoms with van der Waals surface area (Å²) in [5.74, 6) is -1.45. The van der Waals surface area contributed by atoms with Gasteiger partial charge in [0.05, 0.1) is 17.6 Å². The van der Waals surface area contributed by atoms with Gasteiger partial charge in [0.15, 0.2) is 0 Å². The molecule has 0 unspecified atom stereocenters. The van der Waals surface area contributed by atoms with Crippen LogP contribution in [0.25, 0.3) is 0 Å². The highest BCUT2D eigenvalue weighted by atomic mass is 16.4. The molecule has 1 saturated heterocycles. The summed E-state index contributed by atoms with van der Waals surface area (Å²) in [5.41, 5.74) is 1.09. The Kier molecular flexibility index (Phi) is 4.13. The van der Waals surface area contributed by atoms with E-state index < -0.39 is 11.9 Å². The summed E-state index contributed by atoms with van der Waals surface area (Å²) in [6, 6.07) is 8.53. The molecule has 1 aromatic carbocycles. The molecule has 1 aromatic rings. The van der Waals surface area contributed by atoms with E-state index in [9.17, 15) is 9.59 Å². The van der Waals surface area contributed by atoms with Gasteiger partial charge in [0, 0.05) is 25.8 Å². The average molecular weight is 287 g/mol. The third-order valence-corrected chi connectivity index (χ3v) is 3.85.